The third kappa shape index (κ3) is 2.76. The summed E-state index contributed by atoms with van der Waals surface area (Å²) in [5, 5.41) is 0. The van der Waals surface area contributed by atoms with Gasteiger partial charge in [-0.3, -0.25) is 4.79 Å². The number of methoxy groups -OCH3 is 2. The Bertz CT molecular complexity index is 801. The first-order valence-corrected chi connectivity index (χ1v) is 8.73. The summed E-state index contributed by atoms with van der Waals surface area (Å²) in [5.74, 6) is 1.72. The van der Waals surface area contributed by atoms with E-state index in [4.69, 9.17) is 9.47 Å². The SMILES string of the molecule is CCc1cc(OC)c(-c2c(C)ccc3c2CC(=O)N3CC)c(OC)c1. The predicted octanol–water partition coefficient (Wildman–Crippen LogP) is 4.15. The maximum absolute atomic E-state index is 12.4. The molecule has 0 atom stereocenters. The van der Waals surface area contributed by atoms with E-state index in [2.05, 4.69) is 32.0 Å². The number of ether oxygens (including phenoxy) is 2. The summed E-state index contributed by atoms with van der Waals surface area (Å²) >= 11 is 0. The molecule has 0 aromatic heterocycles. The standard InChI is InChI=1S/C21H25NO3/c1-6-14-10-17(24-4)21(18(11-14)25-5)20-13(3)8-9-16-15(20)12-19(23)22(16)7-2/h8-11H,6-7,12H2,1-5H3. The minimum Gasteiger partial charge on any atom is -0.496 e. The lowest BCUT2D eigenvalue weighted by molar-refractivity contribution is -0.117. The van der Waals surface area contributed by atoms with Crippen molar-refractivity contribution in [3.8, 4) is 22.6 Å². The Balaban J connectivity index is 2.32. The van der Waals surface area contributed by atoms with Crippen LogP contribution in [0.1, 0.15) is 30.5 Å². The average molecular weight is 339 g/mol. The molecule has 25 heavy (non-hydrogen) atoms. The maximum atomic E-state index is 12.4. The molecule has 0 N–H and O–H groups in total. The summed E-state index contributed by atoms with van der Waals surface area (Å²) in [6.45, 7) is 6.86. The van der Waals surface area contributed by atoms with Gasteiger partial charge in [0, 0.05) is 12.2 Å². The fraction of sp³-hybridized carbons (Fsp3) is 0.381. The van der Waals surface area contributed by atoms with Crippen molar-refractivity contribution in [3.63, 3.8) is 0 Å². The zero-order valence-electron chi connectivity index (χ0n) is 15.6. The monoisotopic (exact) mass is 339 g/mol. The van der Waals surface area contributed by atoms with Gasteiger partial charge in [0.1, 0.15) is 11.5 Å². The number of benzene rings is 2. The van der Waals surface area contributed by atoms with E-state index in [0.29, 0.717) is 13.0 Å². The van der Waals surface area contributed by atoms with Crippen LogP contribution < -0.4 is 14.4 Å². The van der Waals surface area contributed by atoms with Crippen LogP contribution in [0, 0.1) is 6.92 Å². The maximum Gasteiger partial charge on any atom is 0.231 e. The van der Waals surface area contributed by atoms with Crippen molar-refractivity contribution in [3.05, 3.63) is 41.0 Å². The first-order chi connectivity index (χ1) is 12.0. The van der Waals surface area contributed by atoms with Crippen molar-refractivity contribution >= 4 is 11.6 Å². The molecule has 0 bridgehead atoms. The summed E-state index contributed by atoms with van der Waals surface area (Å²) in [6.07, 6.45) is 1.32. The molecule has 1 aliphatic heterocycles. The molecule has 4 heteroatoms. The van der Waals surface area contributed by atoms with Crippen LogP contribution in [-0.2, 0) is 17.6 Å². The Kier molecular flexibility index (Phi) is 4.71. The van der Waals surface area contributed by atoms with Gasteiger partial charge in [0.15, 0.2) is 0 Å². The lowest BCUT2D eigenvalue weighted by atomic mass is 9.91. The van der Waals surface area contributed by atoms with Crippen molar-refractivity contribution in [2.24, 2.45) is 0 Å². The van der Waals surface area contributed by atoms with Gasteiger partial charge in [-0.1, -0.05) is 13.0 Å². The lowest BCUT2D eigenvalue weighted by Gasteiger charge is -2.20. The van der Waals surface area contributed by atoms with Crippen molar-refractivity contribution in [2.45, 2.75) is 33.6 Å². The Morgan fingerprint density at radius 3 is 2.20 bits per heavy atom. The molecular weight excluding hydrogens is 314 g/mol. The zero-order valence-corrected chi connectivity index (χ0v) is 15.6. The van der Waals surface area contributed by atoms with Crippen LogP contribution in [0.4, 0.5) is 5.69 Å². The second-order valence-corrected chi connectivity index (χ2v) is 6.30. The number of hydrogen-bond acceptors (Lipinski definition) is 3. The third-order valence-corrected chi connectivity index (χ3v) is 4.96. The molecule has 2 aromatic carbocycles. The number of carbonyl (C=O) groups excluding carboxylic acids is 1. The van der Waals surface area contributed by atoms with Gasteiger partial charge in [-0.2, -0.15) is 0 Å². The van der Waals surface area contributed by atoms with Crippen LogP contribution >= 0.6 is 0 Å². The van der Waals surface area contributed by atoms with Crippen molar-refractivity contribution in [1.29, 1.82) is 0 Å². The lowest BCUT2D eigenvalue weighted by Crippen LogP contribution is -2.25. The van der Waals surface area contributed by atoms with Gasteiger partial charge in [0.25, 0.3) is 0 Å². The highest BCUT2D eigenvalue weighted by Gasteiger charge is 2.31. The molecule has 0 fully saturated rings. The van der Waals surface area contributed by atoms with Gasteiger partial charge < -0.3 is 14.4 Å². The number of nitrogens with zero attached hydrogens (tertiary/aromatic N) is 1. The molecule has 132 valence electrons. The smallest absolute Gasteiger partial charge is 0.231 e. The molecule has 0 saturated carbocycles. The quantitative estimate of drug-likeness (QED) is 0.821. The second-order valence-electron chi connectivity index (χ2n) is 6.30. The fourth-order valence-electron chi connectivity index (χ4n) is 3.68. The molecular formula is C21H25NO3. The number of amides is 1. The van der Waals surface area contributed by atoms with Crippen LogP contribution in [0.15, 0.2) is 24.3 Å². The van der Waals surface area contributed by atoms with E-state index in [-0.39, 0.29) is 5.91 Å². The average Bonchev–Trinajstić information content (AvgIpc) is 2.95. The molecule has 0 aliphatic carbocycles. The highest BCUT2D eigenvalue weighted by atomic mass is 16.5. The second kappa shape index (κ2) is 6.79. The van der Waals surface area contributed by atoms with Crippen molar-refractivity contribution in [1.82, 2.24) is 0 Å². The topological polar surface area (TPSA) is 38.8 Å². The first-order valence-electron chi connectivity index (χ1n) is 8.73. The Labute approximate surface area is 149 Å². The van der Waals surface area contributed by atoms with E-state index in [9.17, 15) is 4.79 Å². The van der Waals surface area contributed by atoms with Gasteiger partial charge in [-0.15, -0.1) is 0 Å². The minimum absolute atomic E-state index is 0.146. The number of likely N-dealkylation sites (N-methyl/N-ethyl adjacent to an activating group) is 1. The van der Waals surface area contributed by atoms with E-state index in [0.717, 1.165) is 51.4 Å². The summed E-state index contributed by atoms with van der Waals surface area (Å²) in [7, 11) is 3.36. The fourth-order valence-corrected chi connectivity index (χ4v) is 3.68. The molecule has 0 spiro atoms. The Morgan fingerprint density at radius 2 is 1.68 bits per heavy atom. The van der Waals surface area contributed by atoms with E-state index in [1.54, 1.807) is 14.2 Å². The van der Waals surface area contributed by atoms with Gasteiger partial charge in [-0.25, -0.2) is 0 Å². The number of aryl methyl sites for hydroxylation is 2. The van der Waals surface area contributed by atoms with Gasteiger partial charge in [0.05, 0.1) is 26.2 Å². The number of rotatable bonds is 5. The number of carbonyl (C=O) groups is 1. The van der Waals surface area contributed by atoms with Crippen LogP contribution in [0.2, 0.25) is 0 Å². The molecule has 0 saturated heterocycles. The first kappa shape index (κ1) is 17.3. The molecule has 4 nitrogen and oxygen atoms in total. The van der Waals surface area contributed by atoms with E-state index in [1.807, 2.05) is 17.9 Å². The minimum atomic E-state index is 0.146. The highest BCUT2D eigenvalue weighted by molar-refractivity contribution is 6.05. The van der Waals surface area contributed by atoms with Gasteiger partial charge in [0.2, 0.25) is 5.91 Å². The Hall–Kier alpha value is -2.49. The summed E-state index contributed by atoms with van der Waals surface area (Å²) in [5.41, 5.74) is 6.32. The van der Waals surface area contributed by atoms with E-state index >= 15 is 0 Å². The van der Waals surface area contributed by atoms with Crippen LogP contribution in [-0.4, -0.2) is 26.7 Å². The van der Waals surface area contributed by atoms with Crippen LogP contribution in [0.5, 0.6) is 11.5 Å². The number of fused-ring (bicyclic) bond motifs is 1. The van der Waals surface area contributed by atoms with Crippen LogP contribution in [0.25, 0.3) is 11.1 Å². The summed E-state index contributed by atoms with van der Waals surface area (Å²) in [4.78, 5) is 14.3. The summed E-state index contributed by atoms with van der Waals surface area (Å²) in [6, 6.07) is 8.24. The number of hydrogen-bond donors (Lipinski definition) is 0. The Morgan fingerprint density at radius 1 is 1.04 bits per heavy atom. The van der Waals surface area contributed by atoms with E-state index in [1.165, 1.54) is 0 Å². The zero-order chi connectivity index (χ0) is 18.1. The summed E-state index contributed by atoms with van der Waals surface area (Å²) < 4.78 is 11.4. The van der Waals surface area contributed by atoms with Crippen molar-refractivity contribution < 1.29 is 14.3 Å². The molecule has 0 radical (unpaired) electrons. The number of anilines is 1. The van der Waals surface area contributed by atoms with Gasteiger partial charge in [-0.05, 0) is 60.7 Å². The van der Waals surface area contributed by atoms with Gasteiger partial charge >= 0.3 is 0 Å². The van der Waals surface area contributed by atoms with Crippen molar-refractivity contribution in [2.75, 3.05) is 25.7 Å². The molecule has 0 unspecified atom stereocenters. The van der Waals surface area contributed by atoms with Crippen LogP contribution in [0.3, 0.4) is 0 Å². The predicted molar refractivity (Wildman–Crippen MR) is 101 cm³/mol. The third-order valence-electron chi connectivity index (χ3n) is 4.96. The molecule has 1 heterocycles. The highest BCUT2D eigenvalue weighted by Crippen LogP contribution is 2.46. The normalized spacial score (nSPS) is 13.2. The molecule has 2 aromatic rings. The molecule has 3 rings (SSSR count). The van der Waals surface area contributed by atoms with E-state index < -0.39 is 0 Å². The molecule has 1 amide bonds. The molecule has 1 aliphatic rings. The largest absolute Gasteiger partial charge is 0.496 e.